The Bertz CT molecular complexity index is 882. The third-order valence-electron chi connectivity index (χ3n) is 4.34. The zero-order valence-corrected chi connectivity index (χ0v) is 16.9. The molecule has 0 unspecified atom stereocenters. The number of benzene rings is 2. The molecule has 2 aliphatic rings. The third kappa shape index (κ3) is 4.39. The number of carbonyl (C=O) groups excluding carboxylic acids is 2. The van der Waals surface area contributed by atoms with Crippen molar-refractivity contribution < 1.29 is 19.1 Å². The molecule has 1 fully saturated rings. The summed E-state index contributed by atoms with van der Waals surface area (Å²) in [6, 6.07) is 13.0. The molecule has 2 aromatic rings. The number of hydrogen-bond acceptors (Lipinski definition) is 6. The molecule has 4 rings (SSSR count). The van der Waals surface area contributed by atoms with Crippen molar-refractivity contribution in [3.8, 4) is 11.5 Å². The van der Waals surface area contributed by atoms with Crippen molar-refractivity contribution in [2.45, 2.75) is 17.6 Å². The molecule has 8 heteroatoms. The molecule has 0 radical (unpaired) electrons. The topological polar surface area (TPSA) is 76.7 Å². The fourth-order valence-electron chi connectivity index (χ4n) is 2.90. The number of rotatable bonds is 5. The van der Waals surface area contributed by atoms with Crippen molar-refractivity contribution in [3.63, 3.8) is 0 Å². The summed E-state index contributed by atoms with van der Waals surface area (Å²) in [4.78, 5) is 23.9. The van der Waals surface area contributed by atoms with Crippen LogP contribution >= 0.6 is 23.5 Å². The maximum atomic E-state index is 12.2. The molecular weight excluding hydrogens is 396 g/mol. The number of fused-ring (bicyclic) bond motifs is 1. The number of amides is 2. The third-order valence-corrected chi connectivity index (χ3v) is 7.44. The molecule has 1 saturated heterocycles. The van der Waals surface area contributed by atoms with Gasteiger partial charge in [0.05, 0.1) is 10.3 Å². The Balaban J connectivity index is 1.31. The van der Waals surface area contributed by atoms with Gasteiger partial charge in [0.25, 0.3) is 11.8 Å². The van der Waals surface area contributed by atoms with Crippen LogP contribution in [0, 0.1) is 0 Å². The molecular formula is C20H20N2O4S2. The first-order valence-electron chi connectivity index (χ1n) is 8.96. The van der Waals surface area contributed by atoms with Gasteiger partial charge in [-0.05, 0) is 42.8 Å². The lowest BCUT2D eigenvalue weighted by molar-refractivity contribution is -0.122. The molecule has 0 aliphatic carbocycles. The number of ether oxygens (including phenoxy) is 2. The minimum atomic E-state index is -0.529. The molecule has 2 N–H and O–H groups in total. The van der Waals surface area contributed by atoms with Crippen LogP contribution in [0.15, 0.2) is 42.5 Å². The maximum absolute atomic E-state index is 12.2. The molecule has 2 amide bonds. The van der Waals surface area contributed by atoms with E-state index in [1.54, 1.807) is 25.1 Å². The van der Waals surface area contributed by atoms with Crippen molar-refractivity contribution in [1.29, 1.82) is 0 Å². The van der Waals surface area contributed by atoms with Crippen LogP contribution in [0.4, 0.5) is 11.4 Å². The average Bonchev–Trinajstić information content (AvgIpc) is 3.23. The van der Waals surface area contributed by atoms with Crippen LogP contribution in [0.3, 0.4) is 0 Å². The highest BCUT2D eigenvalue weighted by molar-refractivity contribution is 8.19. The van der Waals surface area contributed by atoms with Gasteiger partial charge >= 0.3 is 0 Å². The molecule has 0 spiro atoms. The first-order chi connectivity index (χ1) is 13.6. The van der Waals surface area contributed by atoms with Crippen molar-refractivity contribution >= 4 is 46.7 Å². The van der Waals surface area contributed by atoms with Crippen LogP contribution in [0.2, 0.25) is 0 Å². The van der Waals surface area contributed by atoms with Gasteiger partial charge in [0, 0.05) is 17.2 Å². The molecule has 2 aromatic carbocycles. The van der Waals surface area contributed by atoms with Gasteiger partial charge in [-0.1, -0.05) is 12.1 Å². The fourth-order valence-corrected chi connectivity index (χ4v) is 5.76. The Labute approximate surface area is 171 Å². The smallest absolute Gasteiger partial charge is 0.265 e. The van der Waals surface area contributed by atoms with Crippen LogP contribution in [-0.4, -0.2) is 36.0 Å². The summed E-state index contributed by atoms with van der Waals surface area (Å²) < 4.78 is 11.6. The second kappa shape index (κ2) is 8.36. The molecule has 146 valence electrons. The number of nitrogens with one attached hydrogen (secondary N) is 2. The lowest BCUT2D eigenvalue weighted by Gasteiger charge is -2.23. The summed E-state index contributed by atoms with van der Waals surface area (Å²) >= 11 is 3.91. The van der Waals surface area contributed by atoms with Crippen molar-refractivity contribution in [2.75, 3.05) is 28.7 Å². The van der Waals surface area contributed by atoms with Gasteiger partial charge in [-0.2, -0.15) is 0 Å². The predicted octanol–water partition coefficient (Wildman–Crippen LogP) is 3.90. The van der Waals surface area contributed by atoms with E-state index in [-0.39, 0.29) is 18.4 Å². The normalized spacial score (nSPS) is 18.8. The average molecular weight is 417 g/mol. The van der Waals surface area contributed by atoms with E-state index in [1.807, 2.05) is 35.7 Å². The number of thioether (sulfide) groups is 2. The zero-order chi connectivity index (χ0) is 19.5. The first-order valence-corrected chi connectivity index (χ1v) is 11.1. The van der Waals surface area contributed by atoms with E-state index in [0.717, 1.165) is 0 Å². The Morgan fingerprint density at radius 3 is 2.71 bits per heavy atom. The molecule has 28 heavy (non-hydrogen) atoms. The minimum absolute atomic E-state index is 0.0940. The van der Waals surface area contributed by atoms with Crippen molar-refractivity contribution in [2.24, 2.45) is 0 Å². The van der Waals surface area contributed by atoms with E-state index < -0.39 is 6.10 Å². The second-order valence-corrected chi connectivity index (χ2v) is 9.16. The monoisotopic (exact) mass is 416 g/mol. The van der Waals surface area contributed by atoms with Crippen LogP contribution in [0.1, 0.15) is 17.1 Å². The quantitative estimate of drug-likeness (QED) is 0.770. The summed E-state index contributed by atoms with van der Waals surface area (Å²) in [6.07, 6.45) is -0.529. The maximum Gasteiger partial charge on any atom is 0.265 e. The zero-order valence-electron chi connectivity index (χ0n) is 15.3. The van der Waals surface area contributed by atoms with Gasteiger partial charge < -0.3 is 20.1 Å². The van der Waals surface area contributed by atoms with E-state index >= 15 is 0 Å². The van der Waals surface area contributed by atoms with Gasteiger partial charge in [-0.15, -0.1) is 23.5 Å². The molecule has 0 aromatic heterocycles. The molecule has 2 heterocycles. The van der Waals surface area contributed by atoms with Gasteiger partial charge in [-0.3, -0.25) is 9.59 Å². The van der Waals surface area contributed by atoms with E-state index in [1.165, 1.54) is 17.1 Å². The minimum Gasteiger partial charge on any atom is -0.484 e. The van der Waals surface area contributed by atoms with Crippen molar-refractivity contribution in [1.82, 2.24) is 0 Å². The molecule has 6 nitrogen and oxygen atoms in total. The summed E-state index contributed by atoms with van der Waals surface area (Å²) in [5.74, 6) is 3.13. The van der Waals surface area contributed by atoms with Crippen LogP contribution in [-0.2, 0) is 9.59 Å². The molecule has 0 bridgehead atoms. The van der Waals surface area contributed by atoms with Crippen molar-refractivity contribution in [3.05, 3.63) is 48.0 Å². The summed E-state index contributed by atoms with van der Waals surface area (Å²) in [6.45, 7) is 1.59. The number of carbonyl (C=O) groups is 2. The highest BCUT2D eigenvalue weighted by Crippen LogP contribution is 2.45. The largest absolute Gasteiger partial charge is 0.484 e. The standard InChI is InChI=1S/C20H20N2O4S2/c1-12-19(24)22-16-10-14(4-7-17(16)26-12)21-18(23)11-25-15-5-2-13(3-6-15)20-27-8-9-28-20/h2-7,10,12,20H,8-9,11H2,1H3,(H,21,23)(H,22,24)/t12-/m1/s1. The van der Waals surface area contributed by atoms with Crippen LogP contribution < -0.4 is 20.1 Å². The molecule has 0 saturated carbocycles. The molecule has 1 atom stereocenters. The number of hydrogen-bond donors (Lipinski definition) is 2. The second-order valence-electron chi connectivity index (χ2n) is 6.44. The Morgan fingerprint density at radius 2 is 1.96 bits per heavy atom. The lowest BCUT2D eigenvalue weighted by Crippen LogP contribution is -2.34. The summed E-state index contributed by atoms with van der Waals surface area (Å²) in [5, 5.41) is 5.53. The highest BCUT2D eigenvalue weighted by Gasteiger charge is 2.23. The van der Waals surface area contributed by atoms with Gasteiger partial charge in [0.1, 0.15) is 11.5 Å². The first kappa shape index (κ1) is 19.0. The van der Waals surface area contributed by atoms with Crippen LogP contribution in [0.5, 0.6) is 11.5 Å². The fraction of sp³-hybridized carbons (Fsp3) is 0.300. The molecule has 2 aliphatic heterocycles. The van der Waals surface area contributed by atoms with Gasteiger partial charge in [0.2, 0.25) is 0 Å². The lowest BCUT2D eigenvalue weighted by atomic mass is 10.2. The Morgan fingerprint density at radius 1 is 1.21 bits per heavy atom. The predicted molar refractivity (Wildman–Crippen MR) is 113 cm³/mol. The number of anilines is 2. The van der Waals surface area contributed by atoms with Gasteiger partial charge in [-0.25, -0.2) is 0 Å². The SMILES string of the molecule is C[C@H]1Oc2ccc(NC(=O)COc3ccc(C4SCCS4)cc3)cc2NC1=O. The van der Waals surface area contributed by atoms with E-state index in [0.29, 0.717) is 27.5 Å². The van der Waals surface area contributed by atoms with E-state index in [2.05, 4.69) is 22.8 Å². The van der Waals surface area contributed by atoms with Crippen LogP contribution in [0.25, 0.3) is 0 Å². The van der Waals surface area contributed by atoms with E-state index in [4.69, 9.17) is 9.47 Å². The summed E-state index contributed by atoms with van der Waals surface area (Å²) in [5.41, 5.74) is 2.38. The Kier molecular flexibility index (Phi) is 5.68. The van der Waals surface area contributed by atoms with Gasteiger partial charge in [0.15, 0.2) is 12.7 Å². The summed E-state index contributed by atoms with van der Waals surface area (Å²) in [7, 11) is 0. The highest BCUT2D eigenvalue weighted by atomic mass is 32.2. The van der Waals surface area contributed by atoms with E-state index in [9.17, 15) is 9.59 Å². The Hall–Kier alpha value is -2.32.